The van der Waals surface area contributed by atoms with Crippen LogP contribution >= 0.6 is 0 Å². The molecule has 7 heteroatoms. The highest BCUT2D eigenvalue weighted by Crippen LogP contribution is 2.26. The van der Waals surface area contributed by atoms with Crippen LogP contribution in [0.5, 0.6) is 11.6 Å². The summed E-state index contributed by atoms with van der Waals surface area (Å²) in [5.74, 6) is 0.679. The van der Waals surface area contributed by atoms with Gasteiger partial charge in [-0.25, -0.2) is 18.1 Å². The van der Waals surface area contributed by atoms with E-state index in [9.17, 15) is 13.2 Å². The second kappa shape index (κ2) is 7.00. The molecule has 0 radical (unpaired) electrons. The molecule has 0 saturated heterocycles. The average molecular weight is 348 g/mol. The number of nitrogens with one attached hydrogen (secondary N) is 1. The van der Waals surface area contributed by atoms with Gasteiger partial charge < -0.3 is 4.74 Å². The first-order valence-corrected chi connectivity index (χ1v) is 9.31. The Kier molecular flexibility index (Phi) is 5.23. The van der Waals surface area contributed by atoms with Gasteiger partial charge in [-0.1, -0.05) is 19.9 Å². The van der Waals surface area contributed by atoms with Gasteiger partial charge in [-0.15, -0.1) is 0 Å². The van der Waals surface area contributed by atoms with Crippen LogP contribution in [0, 0.1) is 6.92 Å². The number of aromatic nitrogens is 1. The second-order valence-electron chi connectivity index (χ2n) is 5.86. The zero-order valence-corrected chi connectivity index (χ0v) is 14.8. The van der Waals surface area contributed by atoms with Crippen LogP contribution in [0.1, 0.15) is 41.3 Å². The summed E-state index contributed by atoms with van der Waals surface area (Å²) in [7, 11) is -3.60. The van der Waals surface area contributed by atoms with Crippen LogP contribution in [-0.2, 0) is 10.0 Å². The van der Waals surface area contributed by atoms with E-state index < -0.39 is 15.9 Å². The van der Waals surface area contributed by atoms with Crippen molar-refractivity contribution < 1.29 is 17.9 Å². The van der Waals surface area contributed by atoms with Gasteiger partial charge in [0.15, 0.2) is 0 Å². The standard InChI is InChI=1S/C17H20N2O4S/c1-11(2)15-7-6-14(9-12(15)3)23-16-8-5-13(10-18-16)17(20)19-24(4,21)22/h5-11H,1-4H3,(H,19,20). The number of carbonyl (C=O) groups excluding carboxylic acids is 1. The first kappa shape index (κ1) is 17.9. The number of amides is 1. The molecule has 2 aromatic rings. The van der Waals surface area contributed by atoms with E-state index in [0.29, 0.717) is 17.5 Å². The molecule has 0 fully saturated rings. The lowest BCUT2D eigenvalue weighted by atomic mass is 9.98. The van der Waals surface area contributed by atoms with E-state index in [1.807, 2.05) is 29.8 Å². The molecular formula is C17H20N2O4S. The van der Waals surface area contributed by atoms with E-state index >= 15 is 0 Å². The first-order valence-electron chi connectivity index (χ1n) is 7.42. The topological polar surface area (TPSA) is 85.4 Å². The number of nitrogens with zero attached hydrogens (tertiary/aromatic N) is 1. The number of carbonyl (C=O) groups is 1. The molecule has 1 aromatic carbocycles. The summed E-state index contributed by atoms with van der Waals surface area (Å²) in [5, 5.41) is 0. The zero-order chi connectivity index (χ0) is 17.9. The summed E-state index contributed by atoms with van der Waals surface area (Å²) in [4.78, 5) is 15.7. The third-order valence-corrected chi connectivity index (χ3v) is 3.92. The van der Waals surface area contributed by atoms with E-state index in [0.717, 1.165) is 11.8 Å². The van der Waals surface area contributed by atoms with Crippen LogP contribution in [-0.4, -0.2) is 25.6 Å². The summed E-state index contributed by atoms with van der Waals surface area (Å²) < 4.78 is 29.7. The predicted molar refractivity (Wildman–Crippen MR) is 91.9 cm³/mol. The monoisotopic (exact) mass is 348 g/mol. The van der Waals surface area contributed by atoms with Crippen LogP contribution in [0.2, 0.25) is 0 Å². The van der Waals surface area contributed by atoms with Crippen molar-refractivity contribution in [2.75, 3.05) is 6.26 Å². The van der Waals surface area contributed by atoms with Gasteiger partial charge in [0.2, 0.25) is 15.9 Å². The highest BCUT2D eigenvalue weighted by molar-refractivity contribution is 7.89. The third kappa shape index (κ3) is 4.79. The molecule has 2 rings (SSSR count). The number of sulfonamides is 1. The smallest absolute Gasteiger partial charge is 0.266 e. The van der Waals surface area contributed by atoms with Gasteiger partial charge in [0.25, 0.3) is 5.91 Å². The number of aryl methyl sites for hydroxylation is 1. The minimum Gasteiger partial charge on any atom is -0.439 e. The van der Waals surface area contributed by atoms with E-state index in [2.05, 4.69) is 18.8 Å². The Bertz CT molecular complexity index is 843. The maximum absolute atomic E-state index is 11.7. The fourth-order valence-electron chi connectivity index (χ4n) is 2.28. The van der Waals surface area contributed by atoms with Crippen molar-refractivity contribution >= 4 is 15.9 Å². The minimum absolute atomic E-state index is 0.138. The number of ether oxygens (including phenoxy) is 1. The number of benzene rings is 1. The van der Waals surface area contributed by atoms with Crippen LogP contribution in [0.4, 0.5) is 0 Å². The van der Waals surface area contributed by atoms with Crippen LogP contribution in [0.25, 0.3) is 0 Å². The zero-order valence-electron chi connectivity index (χ0n) is 14.0. The van der Waals surface area contributed by atoms with Crippen molar-refractivity contribution in [1.29, 1.82) is 0 Å². The quantitative estimate of drug-likeness (QED) is 0.898. The lowest BCUT2D eigenvalue weighted by Crippen LogP contribution is -2.29. The second-order valence-corrected chi connectivity index (χ2v) is 7.61. The Morgan fingerprint density at radius 2 is 1.92 bits per heavy atom. The Morgan fingerprint density at radius 1 is 1.21 bits per heavy atom. The van der Waals surface area contributed by atoms with Gasteiger partial charge in [0, 0.05) is 12.3 Å². The molecule has 6 nitrogen and oxygen atoms in total. The molecule has 0 atom stereocenters. The molecule has 0 aliphatic carbocycles. The summed E-state index contributed by atoms with van der Waals surface area (Å²) >= 11 is 0. The minimum atomic E-state index is -3.60. The fraction of sp³-hybridized carbons (Fsp3) is 0.294. The molecule has 1 heterocycles. The Balaban J connectivity index is 2.12. The molecule has 1 N–H and O–H groups in total. The molecule has 0 bridgehead atoms. The maximum atomic E-state index is 11.7. The molecule has 0 aliphatic rings. The van der Waals surface area contributed by atoms with Crippen LogP contribution in [0.15, 0.2) is 36.5 Å². The summed E-state index contributed by atoms with van der Waals surface area (Å²) in [6.45, 7) is 6.28. The normalized spacial score (nSPS) is 11.4. The van der Waals surface area contributed by atoms with Crippen LogP contribution in [0.3, 0.4) is 0 Å². The predicted octanol–water partition coefficient (Wildman–Crippen LogP) is 3.00. The number of hydrogen-bond acceptors (Lipinski definition) is 5. The number of rotatable bonds is 5. The van der Waals surface area contributed by atoms with E-state index in [-0.39, 0.29) is 5.56 Å². The number of pyridine rings is 1. The Morgan fingerprint density at radius 3 is 2.42 bits per heavy atom. The van der Waals surface area contributed by atoms with Crippen molar-refractivity contribution in [3.8, 4) is 11.6 Å². The van der Waals surface area contributed by atoms with E-state index in [1.54, 1.807) is 0 Å². The van der Waals surface area contributed by atoms with Crippen molar-refractivity contribution in [1.82, 2.24) is 9.71 Å². The maximum Gasteiger partial charge on any atom is 0.266 e. The Hall–Kier alpha value is -2.41. The molecule has 0 aliphatic heterocycles. The molecule has 128 valence electrons. The summed E-state index contributed by atoms with van der Waals surface area (Å²) in [5.41, 5.74) is 2.52. The fourth-order valence-corrected chi connectivity index (χ4v) is 2.74. The van der Waals surface area contributed by atoms with Gasteiger partial charge in [0.1, 0.15) is 5.75 Å². The summed E-state index contributed by atoms with van der Waals surface area (Å²) in [6, 6.07) is 8.79. The van der Waals surface area contributed by atoms with Crippen molar-refractivity contribution in [2.24, 2.45) is 0 Å². The van der Waals surface area contributed by atoms with Gasteiger partial charge in [0.05, 0.1) is 11.8 Å². The van der Waals surface area contributed by atoms with Gasteiger partial charge in [-0.05, 0) is 42.2 Å². The van der Waals surface area contributed by atoms with Gasteiger partial charge in [-0.3, -0.25) is 4.79 Å². The molecule has 1 amide bonds. The Labute approximate surface area is 141 Å². The largest absolute Gasteiger partial charge is 0.439 e. The van der Waals surface area contributed by atoms with Crippen LogP contribution < -0.4 is 9.46 Å². The lowest BCUT2D eigenvalue weighted by molar-refractivity contribution is 0.0981. The highest BCUT2D eigenvalue weighted by Gasteiger charge is 2.12. The molecule has 0 spiro atoms. The molecule has 0 saturated carbocycles. The first-order chi connectivity index (χ1) is 11.2. The molecule has 24 heavy (non-hydrogen) atoms. The molecule has 0 unspecified atom stereocenters. The number of hydrogen-bond donors (Lipinski definition) is 1. The highest BCUT2D eigenvalue weighted by atomic mass is 32.2. The van der Waals surface area contributed by atoms with E-state index in [4.69, 9.17) is 4.74 Å². The lowest BCUT2D eigenvalue weighted by Gasteiger charge is -2.12. The van der Waals surface area contributed by atoms with Crippen molar-refractivity contribution in [3.05, 3.63) is 53.2 Å². The average Bonchev–Trinajstić information content (AvgIpc) is 2.45. The molecular weight excluding hydrogens is 328 g/mol. The van der Waals surface area contributed by atoms with E-state index in [1.165, 1.54) is 23.9 Å². The van der Waals surface area contributed by atoms with Gasteiger partial charge in [-0.2, -0.15) is 0 Å². The third-order valence-electron chi connectivity index (χ3n) is 3.36. The molecule has 1 aromatic heterocycles. The SMILES string of the molecule is Cc1cc(Oc2ccc(C(=O)NS(C)(=O)=O)cn2)ccc1C(C)C. The van der Waals surface area contributed by atoms with Gasteiger partial charge >= 0.3 is 0 Å². The van der Waals surface area contributed by atoms with Crippen molar-refractivity contribution in [3.63, 3.8) is 0 Å². The van der Waals surface area contributed by atoms with Crippen molar-refractivity contribution in [2.45, 2.75) is 26.7 Å². The summed E-state index contributed by atoms with van der Waals surface area (Å²) in [6.07, 6.45) is 2.18.